The molecular weight excluding hydrogens is 222 g/mol. The van der Waals surface area contributed by atoms with Crippen LogP contribution in [0.15, 0.2) is 18.2 Å². The summed E-state index contributed by atoms with van der Waals surface area (Å²) in [6, 6.07) is 6.28. The molecule has 2 nitrogen and oxygen atoms in total. The molecule has 0 heterocycles. The molecule has 0 spiro atoms. The lowest BCUT2D eigenvalue weighted by Gasteiger charge is -2.16. The Morgan fingerprint density at radius 3 is 2.72 bits per heavy atom. The van der Waals surface area contributed by atoms with Gasteiger partial charge in [0.2, 0.25) is 0 Å². The number of rotatable bonds is 6. The van der Waals surface area contributed by atoms with Gasteiger partial charge in [0.25, 0.3) is 0 Å². The van der Waals surface area contributed by atoms with E-state index in [1.165, 1.54) is 30.4 Å². The van der Waals surface area contributed by atoms with Crippen molar-refractivity contribution in [3.8, 4) is 0 Å². The standard InChI is InChI=1S/C16H23NO/c1-2-10-17-11-9-16(18)15-8-7-13-5-3-4-6-14(13)12-15/h7-8,12,17H,2-6,9-11H2,1H3. The maximum absolute atomic E-state index is 12.1. The molecule has 0 aliphatic heterocycles. The van der Waals surface area contributed by atoms with Crippen LogP contribution in [0.5, 0.6) is 0 Å². The van der Waals surface area contributed by atoms with Crippen LogP contribution in [0.25, 0.3) is 0 Å². The highest BCUT2D eigenvalue weighted by Gasteiger charge is 2.12. The van der Waals surface area contributed by atoms with Gasteiger partial charge >= 0.3 is 0 Å². The summed E-state index contributed by atoms with van der Waals surface area (Å²) in [5.74, 6) is 0.270. The number of carbonyl (C=O) groups is 1. The van der Waals surface area contributed by atoms with Crippen molar-refractivity contribution in [2.75, 3.05) is 13.1 Å². The molecule has 0 saturated carbocycles. The van der Waals surface area contributed by atoms with Crippen LogP contribution in [0.3, 0.4) is 0 Å². The number of ketones is 1. The van der Waals surface area contributed by atoms with Gasteiger partial charge in [-0.15, -0.1) is 0 Å². The third-order valence-electron chi connectivity index (χ3n) is 3.63. The second kappa shape index (κ2) is 6.69. The summed E-state index contributed by atoms with van der Waals surface area (Å²) in [6.45, 7) is 3.93. The number of aryl methyl sites for hydroxylation is 2. The highest BCUT2D eigenvalue weighted by molar-refractivity contribution is 5.96. The zero-order valence-corrected chi connectivity index (χ0v) is 11.3. The van der Waals surface area contributed by atoms with Gasteiger partial charge in [-0.25, -0.2) is 0 Å². The fourth-order valence-electron chi connectivity index (χ4n) is 2.55. The van der Waals surface area contributed by atoms with Crippen LogP contribution in [0, 0.1) is 0 Å². The molecule has 1 N–H and O–H groups in total. The van der Waals surface area contributed by atoms with Crippen LogP contribution in [-0.2, 0) is 12.8 Å². The summed E-state index contributed by atoms with van der Waals surface area (Å²) < 4.78 is 0. The Morgan fingerprint density at radius 1 is 1.17 bits per heavy atom. The van der Waals surface area contributed by atoms with E-state index in [0.717, 1.165) is 31.5 Å². The minimum absolute atomic E-state index is 0.270. The fraction of sp³-hybridized carbons (Fsp3) is 0.562. The van der Waals surface area contributed by atoms with Crippen LogP contribution in [0.4, 0.5) is 0 Å². The number of benzene rings is 1. The summed E-state index contributed by atoms with van der Waals surface area (Å²) in [5.41, 5.74) is 3.74. The second-order valence-electron chi connectivity index (χ2n) is 5.11. The largest absolute Gasteiger partial charge is 0.316 e. The van der Waals surface area contributed by atoms with Gasteiger partial charge in [-0.2, -0.15) is 0 Å². The summed E-state index contributed by atoms with van der Waals surface area (Å²) >= 11 is 0. The summed E-state index contributed by atoms with van der Waals surface area (Å²) in [4.78, 5) is 12.1. The topological polar surface area (TPSA) is 29.1 Å². The molecule has 0 atom stereocenters. The molecule has 2 heteroatoms. The minimum Gasteiger partial charge on any atom is -0.316 e. The Bertz CT molecular complexity index is 412. The third-order valence-corrected chi connectivity index (χ3v) is 3.63. The van der Waals surface area contributed by atoms with Gasteiger partial charge in [-0.3, -0.25) is 4.79 Å². The van der Waals surface area contributed by atoms with E-state index in [0.29, 0.717) is 6.42 Å². The Kier molecular flexibility index (Phi) is 4.94. The van der Waals surface area contributed by atoms with E-state index in [1.54, 1.807) is 0 Å². The van der Waals surface area contributed by atoms with Gasteiger partial charge in [0, 0.05) is 18.5 Å². The average Bonchev–Trinajstić information content (AvgIpc) is 2.43. The molecule has 0 amide bonds. The highest BCUT2D eigenvalue weighted by atomic mass is 16.1. The first kappa shape index (κ1) is 13.3. The van der Waals surface area contributed by atoms with E-state index >= 15 is 0 Å². The zero-order valence-electron chi connectivity index (χ0n) is 11.3. The van der Waals surface area contributed by atoms with E-state index in [1.807, 2.05) is 6.07 Å². The number of carbonyl (C=O) groups excluding carboxylic acids is 1. The van der Waals surface area contributed by atoms with Crippen molar-refractivity contribution in [1.29, 1.82) is 0 Å². The maximum atomic E-state index is 12.1. The Hall–Kier alpha value is -1.15. The molecule has 18 heavy (non-hydrogen) atoms. The zero-order chi connectivity index (χ0) is 12.8. The minimum atomic E-state index is 0.270. The van der Waals surface area contributed by atoms with Crippen molar-refractivity contribution in [3.05, 3.63) is 34.9 Å². The predicted octanol–water partition coefficient (Wildman–Crippen LogP) is 3.14. The van der Waals surface area contributed by atoms with Gasteiger partial charge in [0.05, 0.1) is 0 Å². The molecule has 98 valence electrons. The second-order valence-corrected chi connectivity index (χ2v) is 5.11. The molecule has 2 rings (SSSR count). The van der Waals surface area contributed by atoms with Gasteiger partial charge < -0.3 is 5.32 Å². The molecule has 0 fully saturated rings. The first-order valence-corrected chi connectivity index (χ1v) is 7.17. The number of Topliss-reactive ketones (excluding diaryl/α,β-unsaturated/α-hetero) is 1. The molecule has 0 saturated heterocycles. The lowest BCUT2D eigenvalue weighted by atomic mass is 9.89. The molecule has 1 aliphatic carbocycles. The number of nitrogens with one attached hydrogen (secondary N) is 1. The van der Waals surface area contributed by atoms with E-state index in [-0.39, 0.29) is 5.78 Å². The van der Waals surface area contributed by atoms with Gasteiger partial charge in [-0.1, -0.05) is 19.1 Å². The number of fused-ring (bicyclic) bond motifs is 1. The third kappa shape index (κ3) is 3.42. The van der Waals surface area contributed by atoms with Crippen LogP contribution < -0.4 is 5.32 Å². The van der Waals surface area contributed by atoms with E-state index in [4.69, 9.17) is 0 Å². The Morgan fingerprint density at radius 2 is 1.94 bits per heavy atom. The first-order chi connectivity index (χ1) is 8.81. The lowest BCUT2D eigenvalue weighted by molar-refractivity contribution is 0.0982. The average molecular weight is 245 g/mol. The van der Waals surface area contributed by atoms with Crippen molar-refractivity contribution in [1.82, 2.24) is 5.32 Å². The van der Waals surface area contributed by atoms with Crippen LogP contribution >= 0.6 is 0 Å². The maximum Gasteiger partial charge on any atom is 0.164 e. The van der Waals surface area contributed by atoms with Gasteiger partial charge in [-0.05, 0) is 55.8 Å². The molecule has 0 radical (unpaired) electrons. The molecule has 0 unspecified atom stereocenters. The molecule has 1 aromatic rings. The highest BCUT2D eigenvalue weighted by Crippen LogP contribution is 2.22. The predicted molar refractivity (Wildman–Crippen MR) is 75.2 cm³/mol. The van der Waals surface area contributed by atoms with Crippen molar-refractivity contribution < 1.29 is 4.79 Å². The fourth-order valence-corrected chi connectivity index (χ4v) is 2.55. The summed E-state index contributed by atoms with van der Waals surface area (Å²) in [6.07, 6.45) is 6.61. The van der Waals surface area contributed by atoms with Crippen LogP contribution in [0.1, 0.15) is 54.1 Å². The van der Waals surface area contributed by atoms with Gasteiger partial charge in [0.15, 0.2) is 5.78 Å². The van der Waals surface area contributed by atoms with Crippen LogP contribution in [0.2, 0.25) is 0 Å². The van der Waals surface area contributed by atoms with E-state index in [9.17, 15) is 4.79 Å². The van der Waals surface area contributed by atoms with Crippen molar-refractivity contribution in [3.63, 3.8) is 0 Å². The molecular formula is C16H23NO. The Labute approximate surface area is 110 Å². The molecule has 1 aromatic carbocycles. The van der Waals surface area contributed by atoms with Crippen molar-refractivity contribution in [2.45, 2.75) is 45.4 Å². The van der Waals surface area contributed by atoms with Gasteiger partial charge in [0.1, 0.15) is 0 Å². The SMILES string of the molecule is CCCNCCC(=O)c1ccc2c(c1)CCCC2. The monoisotopic (exact) mass is 245 g/mol. The number of hydrogen-bond donors (Lipinski definition) is 1. The molecule has 1 aliphatic rings. The smallest absolute Gasteiger partial charge is 0.164 e. The first-order valence-electron chi connectivity index (χ1n) is 7.17. The van der Waals surface area contributed by atoms with E-state index < -0.39 is 0 Å². The van der Waals surface area contributed by atoms with Crippen LogP contribution in [-0.4, -0.2) is 18.9 Å². The van der Waals surface area contributed by atoms with Crippen molar-refractivity contribution in [2.24, 2.45) is 0 Å². The van der Waals surface area contributed by atoms with Crippen molar-refractivity contribution >= 4 is 5.78 Å². The summed E-state index contributed by atoms with van der Waals surface area (Å²) in [7, 11) is 0. The quantitative estimate of drug-likeness (QED) is 0.616. The molecule has 0 aromatic heterocycles. The lowest BCUT2D eigenvalue weighted by Crippen LogP contribution is -2.19. The Balaban J connectivity index is 1.94. The number of hydrogen-bond acceptors (Lipinski definition) is 2. The normalized spacial score (nSPS) is 14.3. The molecule has 0 bridgehead atoms. The summed E-state index contributed by atoms with van der Waals surface area (Å²) in [5, 5.41) is 3.28. The van der Waals surface area contributed by atoms with E-state index in [2.05, 4.69) is 24.4 Å².